The minimum atomic E-state index is -0.0301. The van der Waals surface area contributed by atoms with Gasteiger partial charge in [-0.1, -0.05) is 19.1 Å². The predicted molar refractivity (Wildman–Crippen MR) is 70.8 cm³/mol. The van der Waals surface area contributed by atoms with Gasteiger partial charge in [-0.25, -0.2) is 4.98 Å². The molecule has 0 saturated carbocycles. The lowest BCUT2D eigenvalue weighted by Crippen LogP contribution is -1.95. The highest BCUT2D eigenvalue weighted by Crippen LogP contribution is 2.23. The van der Waals surface area contributed by atoms with E-state index in [4.69, 9.17) is 4.42 Å². The summed E-state index contributed by atoms with van der Waals surface area (Å²) in [5.74, 6) is 1.29. The number of ketones is 1. The number of rotatable bonds is 4. The SMILES string of the molecule is CCS/C=C(\C(C)=O)c1nc2ccccc2o1. The summed E-state index contributed by atoms with van der Waals surface area (Å²) >= 11 is 1.57. The number of carbonyl (C=O) groups excluding carboxylic acids is 1. The van der Waals surface area contributed by atoms with E-state index >= 15 is 0 Å². The monoisotopic (exact) mass is 247 g/mol. The first-order chi connectivity index (χ1) is 8.22. The number of nitrogens with zero attached hydrogens (tertiary/aromatic N) is 1. The lowest BCUT2D eigenvalue weighted by atomic mass is 10.2. The summed E-state index contributed by atoms with van der Waals surface area (Å²) in [6.07, 6.45) is 0. The summed E-state index contributed by atoms with van der Waals surface area (Å²) in [7, 11) is 0. The molecule has 0 unspecified atom stereocenters. The molecule has 1 aromatic carbocycles. The molecule has 0 aliphatic heterocycles. The standard InChI is InChI=1S/C13H13NO2S/c1-3-17-8-10(9(2)15)13-14-11-6-4-5-7-12(11)16-13/h4-8H,3H2,1-2H3/b10-8+. The van der Waals surface area contributed by atoms with Crippen LogP contribution in [0.25, 0.3) is 16.7 Å². The molecule has 0 amide bonds. The molecular weight excluding hydrogens is 234 g/mol. The molecule has 2 rings (SSSR count). The molecule has 1 heterocycles. The molecular formula is C13H13NO2S. The van der Waals surface area contributed by atoms with E-state index in [0.717, 1.165) is 11.3 Å². The number of aromatic nitrogens is 1. The molecule has 0 aliphatic rings. The number of Topliss-reactive ketones (excluding diaryl/α,β-unsaturated/α-hetero) is 1. The van der Waals surface area contributed by atoms with Gasteiger partial charge in [-0.15, -0.1) is 11.8 Å². The topological polar surface area (TPSA) is 43.1 Å². The van der Waals surface area contributed by atoms with Crippen LogP contribution >= 0.6 is 11.8 Å². The third-order valence-electron chi connectivity index (χ3n) is 2.27. The van der Waals surface area contributed by atoms with Crippen molar-refractivity contribution >= 4 is 34.2 Å². The summed E-state index contributed by atoms with van der Waals surface area (Å²) in [5.41, 5.74) is 2.01. The minimum Gasteiger partial charge on any atom is -0.436 e. The Morgan fingerprint density at radius 2 is 2.24 bits per heavy atom. The number of allylic oxidation sites excluding steroid dienone is 1. The molecule has 0 aliphatic carbocycles. The average molecular weight is 247 g/mol. The Bertz CT molecular complexity index is 539. The maximum Gasteiger partial charge on any atom is 0.231 e. The van der Waals surface area contributed by atoms with E-state index in [9.17, 15) is 4.79 Å². The smallest absolute Gasteiger partial charge is 0.231 e. The molecule has 0 fully saturated rings. The van der Waals surface area contributed by atoms with Gasteiger partial charge in [0.1, 0.15) is 5.52 Å². The second-order valence-electron chi connectivity index (χ2n) is 3.53. The van der Waals surface area contributed by atoms with Crippen molar-refractivity contribution in [3.05, 3.63) is 35.6 Å². The largest absolute Gasteiger partial charge is 0.436 e. The number of para-hydroxylation sites is 2. The van der Waals surface area contributed by atoms with Gasteiger partial charge >= 0.3 is 0 Å². The van der Waals surface area contributed by atoms with Gasteiger partial charge in [-0.3, -0.25) is 4.79 Å². The molecule has 0 N–H and O–H groups in total. The van der Waals surface area contributed by atoms with Crippen molar-refractivity contribution in [2.45, 2.75) is 13.8 Å². The Labute approximate surface area is 104 Å². The highest BCUT2D eigenvalue weighted by atomic mass is 32.2. The van der Waals surface area contributed by atoms with Crippen molar-refractivity contribution in [2.24, 2.45) is 0 Å². The summed E-state index contributed by atoms with van der Waals surface area (Å²) in [5, 5.41) is 1.81. The van der Waals surface area contributed by atoms with Gasteiger partial charge in [0.15, 0.2) is 11.4 Å². The van der Waals surface area contributed by atoms with E-state index in [2.05, 4.69) is 4.98 Å². The van der Waals surface area contributed by atoms with Crippen LogP contribution in [0.15, 0.2) is 34.1 Å². The zero-order valence-electron chi connectivity index (χ0n) is 9.77. The average Bonchev–Trinajstić information content (AvgIpc) is 2.72. The van der Waals surface area contributed by atoms with Gasteiger partial charge in [0.25, 0.3) is 0 Å². The van der Waals surface area contributed by atoms with Crippen LogP contribution in [-0.2, 0) is 4.79 Å². The van der Waals surface area contributed by atoms with Crippen molar-refractivity contribution in [2.75, 3.05) is 5.75 Å². The molecule has 0 saturated heterocycles. The van der Waals surface area contributed by atoms with Crippen LogP contribution in [-0.4, -0.2) is 16.5 Å². The van der Waals surface area contributed by atoms with Gasteiger partial charge in [0.2, 0.25) is 5.89 Å². The predicted octanol–water partition coefficient (Wildman–Crippen LogP) is 3.51. The number of fused-ring (bicyclic) bond motifs is 1. The molecule has 0 bridgehead atoms. The summed E-state index contributed by atoms with van der Waals surface area (Å²) < 4.78 is 5.57. The van der Waals surface area contributed by atoms with E-state index in [0.29, 0.717) is 17.0 Å². The van der Waals surface area contributed by atoms with Gasteiger partial charge in [0, 0.05) is 0 Å². The van der Waals surface area contributed by atoms with Crippen molar-refractivity contribution in [1.82, 2.24) is 4.98 Å². The van der Waals surface area contributed by atoms with Crippen molar-refractivity contribution in [3.63, 3.8) is 0 Å². The molecule has 0 spiro atoms. The molecule has 2 aromatic rings. The Balaban J connectivity index is 2.45. The Hall–Kier alpha value is -1.55. The van der Waals surface area contributed by atoms with Gasteiger partial charge in [0.05, 0.1) is 5.57 Å². The van der Waals surface area contributed by atoms with E-state index in [1.807, 2.05) is 36.6 Å². The molecule has 0 atom stereocenters. The van der Waals surface area contributed by atoms with Crippen molar-refractivity contribution < 1.29 is 9.21 Å². The second-order valence-corrected chi connectivity index (χ2v) is 4.68. The van der Waals surface area contributed by atoms with Crippen LogP contribution in [0.2, 0.25) is 0 Å². The van der Waals surface area contributed by atoms with E-state index in [1.54, 1.807) is 11.8 Å². The van der Waals surface area contributed by atoms with Crippen LogP contribution in [0.3, 0.4) is 0 Å². The summed E-state index contributed by atoms with van der Waals surface area (Å²) in [6, 6.07) is 7.49. The van der Waals surface area contributed by atoms with Crippen LogP contribution < -0.4 is 0 Å². The number of hydrogen-bond acceptors (Lipinski definition) is 4. The highest BCUT2D eigenvalue weighted by molar-refractivity contribution is 8.02. The number of oxazole rings is 1. The van der Waals surface area contributed by atoms with E-state index in [1.165, 1.54) is 6.92 Å². The van der Waals surface area contributed by atoms with Crippen LogP contribution in [0.1, 0.15) is 19.7 Å². The number of benzene rings is 1. The lowest BCUT2D eigenvalue weighted by Gasteiger charge is -1.96. The third kappa shape index (κ3) is 2.58. The van der Waals surface area contributed by atoms with Crippen molar-refractivity contribution in [3.8, 4) is 0 Å². The van der Waals surface area contributed by atoms with Crippen LogP contribution in [0.5, 0.6) is 0 Å². The molecule has 88 valence electrons. The summed E-state index contributed by atoms with van der Waals surface area (Å²) in [6.45, 7) is 3.56. The van der Waals surface area contributed by atoms with Gasteiger partial charge in [-0.05, 0) is 30.2 Å². The highest BCUT2D eigenvalue weighted by Gasteiger charge is 2.14. The zero-order valence-corrected chi connectivity index (χ0v) is 10.6. The number of hydrogen-bond donors (Lipinski definition) is 0. The lowest BCUT2D eigenvalue weighted by molar-refractivity contribution is -0.111. The summed E-state index contributed by atoms with van der Waals surface area (Å²) in [4.78, 5) is 15.9. The quantitative estimate of drug-likeness (QED) is 0.775. The fraction of sp³-hybridized carbons (Fsp3) is 0.231. The Morgan fingerprint density at radius 3 is 2.88 bits per heavy atom. The Morgan fingerprint density at radius 1 is 1.47 bits per heavy atom. The van der Waals surface area contributed by atoms with E-state index < -0.39 is 0 Å². The molecule has 3 nitrogen and oxygen atoms in total. The van der Waals surface area contributed by atoms with Crippen LogP contribution in [0.4, 0.5) is 0 Å². The first-order valence-corrected chi connectivity index (χ1v) is 6.46. The maximum atomic E-state index is 11.5. The Kier molecular flexibility index (Phi) is 3.64. The van der Waals surface area contributed by atoms with Gasteiger partial charge in [-0.2, -0.15) is 0 Å². The fourth-order valence-electron chi connectivity index (χ4n) is 1.44. The van der Waals surface area contributed by atoms with E-state index in [-0.39, 0.29) is 5.78 Å². The first-order valence-electron chi connectivity index (χ1n) is 5.41. The van der Waals surface area contributed by atoms with Gasteiger partial charge < -0.3 is 4.42 Å². The molecule has 1 aromatic heterocycles. The van der Waals surface area contributed by atoms with Crippen LogP contribution in [0, 0.1) is 0 Å². The van der Waals surface area contributed by atoms with Crippen molar-refractivity contribution in [1.29, 1.82) is 0 Å². The number of thioether (sulfide) groups is 1. The molecule has 17 heavy (non-hydrogen) atoms. The molecule has 4 heteroatoms. The second kappa shape index (κ2) is 5.19. The minimum absolute atomic E-state index is 0.0301. The molecule has 0 radical (unpaired) electrons. The first kappa shape index (κ1) is 11.9. The number of carbonyl (C=O) groups is 1. The maximum absolute atomic E-state index is 11.5. The fourth-order valence-corrected chi connectivity index (χ4v) is 2.04. The third-order valence-corrected chi connectivity index (χ3v) is 3.01. The zero-order chi connectivity index (χ0) is 12.3. The normalized spacial score (nSPS) is 12.0.